The van der Waals surface area contributed by atoms with Crippen LogP contribution >= 0.6 is 0 Å². The third-order valence-electron chi connectivity index (χ3n) is 5.72. The predicted octanol–water partition coefficient (Wildman–Crippen LogP) is 3.67. The summed E-state index contributed by atoms with van der Waals surface area (Å²) >= 11 is 0. The molecule has 30 heavy (non-hydrogen) atoms. The highest BCUT2D eigenvalue weighted by atomic mass is 16.5. The molecule has 0 saturated heterocycles. The number of esters is 1. The number of hydrogen-bond acceptors (Lipinski definition) is 6. The number of hydrogen-bond donors (Lipinski definition) is 3. The molecule has 0 amide bonds. The summed E-state index contributed by atoms with van der Waals surface area (Å²) in [6, 6.07) is 9.36. The lowest BCUT2D eigenvalue weighted by atomic mass is 9.89. The number of allylic oxidation sites excluding steroid dienone is 2. The Morgan fingerprint density at radius 3 is 2.83 bits per heavy atom. The Kier molecular flexibility index (Phi) is 7.85. The summed E-state index contributed by atoms with van der Waals surface area (Å²) in [5.74, 6) is -0.150. The SMILES string of the molecule is COC(=O)CCC/C=C\CC1C(O)CC(O)[C@@H]1/C=C/[C@@H](O)c1cc2ccccc2o1. The Labute approximate surface area is 176 Å². The summed E-state index contributed by atoms with van der Waals surface area (Å²) in [6.07, 6.45) is 8.00. The van der Waals surface area contributed by atoms with Crippen LogP contribution in [0.1, 0.15) is 44.0 Å². The van der Waals surface area contributed by atoms with Gasteiger partial charge in [0.25, 0.3) is 0 Å². The van der Waals surface area contributed by atoms with E-state index in [4.69, 9.17) is 4.42 Å². The van der Waals surface area contributed by atoms with Gasteiger partial charge in [0.05, 0.1) is 19.3 Å². The van der Waals surface area contributed by atoms with Crippen LogP contribution in [-0.2, 0) is 9.53 Å². The Morgan fingerprint density at radius 2 is 2.07 bits per heavy atom. The number of carbonyl (C=O) groups excluding carboxylic acids is 1. The summed E-state index contributed by atoms with van der Waals surface area (Å²) in [6.45, 7) is 0. The van der Waals surface area contributed by atoms with Gasteiger partial charge in [-0.1, -0.05) is 42.5 Å². The van der Waals surface area contributed by atoms with Gasteiger partial charge in [0.15, 0.2) is 0 Å². The number of aliphatic hydroxyl groups is 3. The minimum atomic E-state index is -0.920. The molecule has 6 heteroatoms. The van der Waals surface area contributed by atoms with Crippen molar-refractivity contribution >= 4 is 16.9 Å². The van der Waals surface area contributed by atoms with Crippen molar-refractivity contribution in [1.82, 2.24) is 0 Å². The highest BCUT2D eigenvalue weighted by Crippen LogP contribution is 2.37. The molecule has 5 atom stereocenters. The lowest BCUT2D eigenvalue weighted by Crippen LogP contribution is -2.20. The van der Waals surface area contributed by atoms with E-state index in [-0.39, 0.29) is 17.8 Å². The van der Waals surface area contributed by atoms with Crippen LogP contribution in [0.15, 0.2) is 59.1 Å². The topological polar surface area (TPSA) is 100 Å². The largest absolute Gasteiger partial charge is 0.469 e. The molecule has 1 aromatic carbocycles. The second-order valence-electron chi connectivity index (χ2n) is 7.80. The molecule has 0 spiro atoms. The summed E-state index contributed by atoms with van der Waals surface area (Å²) in [5, 5.41) is 32.1. The fraction of sp³-hybridized carbons (Fsp3) is 0.458. The van der Waals surface area contributed by atoms with Gasteiger partial charge in [-0.2, -0.15) is 0 Å². The molecule has 1 aromatic heterocycles. The maximum absolute atomic E-state index is 11.1. The van der Waals surface area contributed by atoms with Crippen LogP contribution in [0, 0.1) is 11.8 Å². The van der Waals surface area contributed by atoms with E-state index >= 15 is 0 Å². The van der Waals surface area contributed by atoms with E-state index in [1.165, 1.54) is 7.11 Å². The molecule has 162 valence electrons. The Balaban J connectivity index is 1.57. The van der Waals surface area contributed by atoms with Crippen molar-refractivity contribution in [3.8, 4) is 0 Å². The standard InChI is InChI=1S/C24H30O6/c1-29-24(28)11-5-3-2-4-9-17-18(21(27)15-20(17)26)12-13-19(25)23-14-16-8-6-7-10-22(16)30-23/h2,4,6-8,10,12-14,17-21,25-27H,3,5,9,11,15H2,1H3/b4-2-,13-12+/t17?,18-,19-,20?,21?/m1/s1. The summed E-state index contributed by atoms with van der Waals surface area (Å²) in [5.41, 5.74) is 0.714. The average Bonchev–Trinajstić information content (AvgIpc) is 3.29. The first kappa shape index (κ1) is 22.3. The van der Waals surface area contributed by atoms with E-state index in [1.54, 1.807) is 18.2 Å². The Morgan fingerprint density at radius 1 is 1.27 bits per heavy atom. The molecular weight excluding hydrogens is 384 g/mol. The first-order valence-electron chi connectivity index (χ1n) is 10.4. The number of furan rings is 1. The lowest BCUT2D eigenvalue weighted by molar-refractivity contribution is -0.140. The number of rotatable bonds is 9. The maximum atomic E-state index is 11.1. The monoisotopic (exact) mass is 414 g/mol. The van der Waals surface area contributed by atoms with E-state index in [0.717, 1.165) is 11.8 Å². The molecule has 0 bridgehead atoms. The fourth-order valence-electron chi connectivity index (χ4n) is 4.02. The van der Waals surface area contributed by atoms with E-state index < -0.39 is 18.3 Å². The van der Waals surface area contributed by atoms with Crippen molar-refractivity contribution in [3.05, 3.63) is 60.4 Å². The number of unbranched alkanes of at least 4 members (excludes halogenated alkanes) is 1. The molecule has 1 saturated carbocycles. The first-order chi connectivity index (χ1) is 14.5. The number of fused-ring (bicyclic) bond motifs is 1. The second-order valence-corrected chi connectivity index (χ2v) is 7.80. The molecule has 1 aliphatic carbocycles. The fourth-order valence-corrected chi connectivity index (χ4v) is 4.02. The molecule has 0 radical (unpaired) electrons. The number of aliphatic hydroxyl groups excluding tert-OH is 3. The van der Waals surface area contributed by atoms with E-state index in [0.29, 0.717) is 37.0 Å². The third-order valence-corrected chi connectivity index (χ3v) is 5.72. The second kappa shape index (κ2) is 10.6. The Bertz CT molecular complexity index is 850. The Hall–Kier alpha value is -2.41. The van der Waals surface area contributed by atoms with Crippen LogP contribution in [0.5, 0.6) is 0 Å². The lowest BCUT2D eigenvalue weighted by Gasteiger charge is -2.19. The smallest absolute Gasteiger partial charge is 0.305 e. The minimum absolute atomic E-state index is 0.129. The molecule has 6 nitrogen and oxygen atoms in total. The van der Waals surface area contributed by atoms with Gasteiger partial charge >= 0.3 is 5.97 Å². The molecule has 3 unspecified atom stereocenters. The van der Waals surface area contributed by atoms with E-state index in [1.807, 2.05) is 36.4 Å². The zero-order valence-electron chi connectivity index (χ0n) is 17.2. The molecule has 3 N–H and O–H groups in total. The molecule has 3 rings (SSSR count). The molecule has 1 heterocycles. The van der Waals surface area contributed by atoms with Crippen molar-refractivity contribution in [2.75, 3.05) is 7.11 Å². The van der Waals surface area contributed by atoms with Crippen molar-refractivity contribution in [2.45, 2.75) is 50.4 Å². The minimum Gasteiger partial charge on any atom is -0.469 e. The number of para-hydroxylation sites is 1. The number of carbonyl (C=O) groups is 1. The van der Waals surface area contributed by atoms with Gasteiger partial charge in [-0.15, -0.1) is 0 Å². The zero-order valence-corrected chi connectivity index (χ0v) is 17.2. The van der Waals surface area contributed by atoms with Gasteiger partial charge in [0.2, 0.25) is 0 Å². The van der Waals surface area contributed by atoms with Gasteiger partial charge in [0, 0.05) is 24.1 Å². The van der Waals surface area contributed by atoms with Crippen LogP contribution in [0.25, 0.3) is 11.0 Å². The normalized spacial score (nSPS) is 25.5. The quantitative estimate of drug-likeness (QED) is 0.329. The summed E-state index contributed by atoms with van der Waals surface area (Å²) in [7, 11) is 1.38. The van der Waals surface area contributed by atoms with Crippen LogP contribution in [0.2, 0.25) is 0 Å². The van der Waals surface area contributed by atoms with Crippen molar-refractivity contribution < 1.29 is 29.3 Å². The zero-order chi connectivity index (χ0) is 21.5. The molecule has 0 aliphatic heterocycles. The van der Waals surface area contributed by atoms with Crippen LogP contribution < -0.4 is 0 Å². The summed E-state index contributed by atoms with van der Waals surface area (Å²) < 4.78 is 10.3. The first-order valence-corrected chi connectivity index (χ1v) is 10.4. The number of methoxy groups -OCH3 is 1. The van der Waals surface area contributed by atoms with Crippen molar-refractivity contribution in [3.63, 3.8) is 0 Å². The third kappa shape index (κ3) is 5.59. The van der Waals surface area contributed by atoms with Crippen molar-refractivity contribution in [2.24, 2.45) is 11.8 Å². The molecular formula is C24H30O6. The molecule has 1 aliphatic rings. The van der Waals surface area contributed by atoms with Gasteiger partial charge in [0.1, 0.15) is 17.4 Å². The van der Waals surface area contributed by atoms with Gasteiger partial charge < -0.3 is 24.5 Å². The van der Waals surface area contributed by atoms with Crippen LogP contribution in [-0.4, -0.2) is 40.6 Å². The van der Waals surface area contributed by atoms with E-state index in [9.17, 15) is 20.1 Å². The van der Waals surface area contributed by atoms with Crippen LogP contribution in [0.3, 0.4) is 0 Å². The number of benzene rings is 1. The average molecular weight is 414 g/mol. The van der Waals surface area contributed by atoms with Gasteiger partial charge in [-0.25, -0.2) is 0 Å². The highest BCUT2D eigenvalue weighted by Gasteiger charge is 2.39. The molecule has 1 fully saturated rings. The van der Waals surface area contributed by atoms with Gasteiger partial charge in [-0.05, 0) is 37.3 Å². The highest BCUT2D eigenvalue weighted by molar-refractivity contribution is 5.77. The predicted molar refractivity (Wildman–Crippen MR) is 114 cm³/mol. The summed E-state index contributed by atoms with van der Waals surface area (Å²) in [4.78, 5) is 11.1. The maximum Gasteiger partial charge on any atom is 0.305 e. The van der Waals surface area contributed by atoms with Gasteiger partial charge in [-0.3, -0.25) is 4.79 Å². The van der Waals surface area contributed by atoms with Crippen LogP contribution in [0.4, 0.5) is 0 Å². The molecule has 2 aromatic rings. The number of ether oxygens (including phenoxy) is 1. The van der Waals surface area contributed by atoms with Crippen molar-refractivity contribution in [1.29, 1.82) is 0 Å². The van der Waals surface area contributed by atoms with E-state index in [2.05, 4.69) is 4.74 Å².